The fraction of sp³-hybridized carbons (Fsp3) is 0.481. The third kappa shape index (κ3) is 3.96. The molecule has 0 bridgehead atoms. The predicted molar refractivity (Wildman–Crippen MR) is 141 cm³/mol. The van der Waals surface area contributed by atoms with E-state index in [1.165, 1.54) is 18.4 Å². The Morgan fingerprint density at radius 3 is 2.44 bits per heavy atom. The Balaban J connectivity index is 1.29. The summed E-state index contributed by atoms with van der Waals surface area (Å²) < 4.78 is 5.90. The topological polar surface area (TPSA) is 71.6 Å². The fourth-order valence-corrected chi connectivity index (χ4v) is 5.85. The van der Waals surface area contributed by atoms with Crippen molar-refractivity contribution < 1.29 is 14.3 Å². The van der Waals surface area contributed by atoms with Crippen LogP contribution < -0.4 is 29.8 Å². The number of carbonyl (C=O) groups is 2. The van der Waals surface area contributed by atoms with Gasteiger partial charge in [-0.15, -0.1) is 0 Å². The minimum Gasteiger partial charge on any atom is -0.410 e. The lowest BCUT2D eigenvalue weighted by Crippen LogP contribution is -2.52. The Kier molecular flexibility index (Phi) is 5.57. The molecule has 0 spiro atoms. The number of ether oxygens (including phenoxy) is 1. The van der Waals surface area contributed by atoms with E-state index >= 15 is 0 Å². The molecule has 4 aliphatic rings. The van der Waals surface area contributed by atoms with Gasteiger partial charge in [0.1, 0.15) is 5.75 Å². The second kappa shape index (κ2) is 8.67. The maximum absolute atomic E-state index is 13.5. The molecular weight excluding hydrogens is 456 g/mol. The third-order valence-electron chi connectivity index (χ3n) is 7.81. The molecule has 2 amide bonds. The van der Waals surface area contributed by atoms with Gasteiger partial charge in [0.05, 0.1) is 35.5 Å². The number of rotatable bonds is 3. The first-order valence-electron chi connectivity index (χ1n) is 12.8. The zero-order valence-electron chi connectivity index (χ0n) is 21.4. The summed E-state index contributed by atoms with van der Waals surface area (Å²) >= 11 is 0. The maximum Gasteiger partial charge on any atom is 0.419 e. The second-order valence-electron chi connectivity index (χ2n) is 10.6. The molecule has 0 aromatic heterocycles. The van der Waals surface area contributed by atoms with Crippen molar-refractivity contribution >= 4 is 34.7 Å². The molecular formula is C27H34N6O3. The quantitative estimate of drug-likeness (QED) is 0.708. The summed E-state index contributed by atoms with van der Waals surface area (Å²) in [6, 6.07) is 12.4. The van der Waals surface area contributed by atoms with Crippen molar-refractivity contribution in [1.82, 2.24) is 10.4 Å². The lowest BCUT2D eigenvalue weighted by atomic mass is 9.97. The summed E-state index contributed by atoms with van der Waals surface area (Å²) in [5.74, 6) is 0.821. The van der Waals surface area contributed by atoms with Gasteiger partial charge in [-0.05, 0) is 49.6 Å². The third-order valence-corrected chi connectivity index (χ3v) is 7.81. The van der Waals surface area contributed by atoms with Crippen LogP contribution in [0.2, 0.25) is 0 Å². The molecule has 9 nitrogen and oxygen atoms in total. The predicted octanol–water partition coefficient (Wildman–Crippen LogP) is 3.36. The molecule has 1 unspecified atom stereocenters. The summed E-state index contributed by atoms with van der Waals surface area (Å²) in [5.41, 5.74) is 8.33. The lowest BCUT2D eigenvalue weighted by Gasteiger charge is -2.40. The SMILES string of the molecule is CC(=O)N1c2ccc(C3CNN(C4CC4)C3)cc2N(C(=O)Oc2ccc3c(c2)N(C)CN3C)C[C@@H]1C. The minimum absolute atomic E-state index is 0.0299. The van der Waals surface area contributed by atoms with E-state index in [0.717, 1.165) is 42.5 Å². The van der Waals surface area contributed by atoms with E-state index in [2.05, 4.69) is 32.4 Å². The van der Waals surface area contributed by atoms with Crippen molar-refractivity contribution in [3.05, 3.63) is 42.0 Å². The molecule has 2 atom stereocenters. The van der Waals surface area contributed by atoms with Gasteiger partial charge in [0, 0.05) is 58.7 Å². The van der Waals surface area contributed by atoms with Crippen molar-refractivity contribution in [1.29, 1.82) is 0 Å². The molecule has 9 heteroatoms. The Bertz CT molecular complexity index is 1210. The monoisotopic (exact) mass is 490 g/mol. The van der Waals surface area contributed by atoms with Crippen molar-refractivity contribution in [2.24, 2.45) is 0 Å². The van der Waals surface area contributed by atoms with Crippen LogP contribution in [0.1, 0.15) is 38.2 Å². The highest BCUT2D eigenvalue weighted by Crippen LogP contribution is 2.41. The first-order chi connectivity index (χ1) is 17.3. The van der Waals surface area contributed by atoms with Crippen LogP contribution in [0.25, 0.3) is 0 Å². The van der Waals surface area contributed by atoms with Crippen LogP contribution >= 0.6 is 0 Å². The summed E-state index contributed by atoms with van der Waals surface area (Å²) in [4.78, 5) is 33.8. The Hall–Kier alpha value is -3.30. The molecule has 6 rings (SSSR count). The minimum atomic E-state index is -0.429. The van der Waals surface area contributed by atoms with Crippen LogP contribution in [0.15, 0.2) is 36.4 Å². The van der Waals surface area contributed by atoms with Crippen LogP contribution in [0.5, 0.6) is 5.75 Å². The first kappa shape index (κ1) is 23.1. The normalized spacial score (nSPS) is 23.7. The lowest BCUT2D eigenvalue weighted by molar-refractivity contribution is -0.117. The van der Waals surface area contributed by atoms with Crippen LogP contribution in [-0.2, 0) is 4.79 Å². The van der Waals surface area contributed by atoms with E-state index < -0.39 is 6.09 Å². The highest BCUT2D eigenvalue weighted by atomic mass is 16.6. The smallest absolute Gasteiger partial charge is 0.410 e. The van der Waals surface area contributed by atoms with E-state index in [4.69, 9.17) is 4.74 Å². The van der Waals surface area contributed by atoms with Crippen molar-refractivity contribution in [3.63, 3.8) is 0 Å². The number of benzene rings is 2. The number of anilines is 4. The first-order valence-corrected chi connectivity index (χ1v) is 12.8. The standard InChI is InChI=1S/C27H34N6O3/c1-17-14-31(27(35)36-22-8-10-23-25(12-22)30(4)16-29(23)3)26-11-19(5-9-24(26)33(17)18(2)34)20-13-28-32(15-20)21-6-7-21/h5,8-12,17,20-21,28H,6-7,13-16H2,1-4H3/t17-,20?/m0/s1. The largest absolute Gasteiger partial charge is 0.419 e. The van der Waals surface area contributed by atoms with Gasteiger partial charge in [-0.25, -0.2) is 9.80 Å². The molecule has 2 aromatic rings. The number of hydrazine groups is 1. The number of nitrogens with zero attached hydrogens (tertiary/aromatic N) is 5. The molecule has 36 heavy (non-hydrogen) atoms. The van der Waals surface area contributed by atoms with Gasteiger partial charge in [0.25, 0.3) is 0 Å². The van der Waals surface area contributed by atoms with E-state index in [1.807, 2.05) is 45.3 Å². The summed E-state index contributed by atoms with van der Waals surface area (Å²) in [6.45, 7) is 6.55. The molecule has 1 N–H and O–H groups in total. The number of hydrogen-bond acceptors (Lipinski definition) is 7. The molecule has 190 valence electrons. The Labute approximate surface area is 212 Å². The van der Waals surface area contributed by atoms with E-state index in [-0.39, 0.29) is 11.9 Å². The van der Waals surface area contributed by atoms with Gasteiger partial charge in [-0.1, -0.05) is 6.07 Å². The number of amides is 2. The molecule has 0 radical (unpaired) electrons. The van der Waals surface area contributed by atoms with Crippen LogP contribution in [0, 0.1) is 0 Å². The van der Waals surface area contributed by atoms with E-state index in [1.54, 1.807) is 16.7 Å². The van der Waals surface area contributed by atoms with Gasteiger partial charge in [-0.2, -0.15) is 0 Å². The number of nitrogens with one attached hydrogen (secondary N) is 1. The summed E-state index contributed by atoms with van der Waals surface area (Å²) in [7, 11) is 4.07. The zero-order valence-corrected chi connectivity index (χ0v) is 21.4. The summed E-state index contributed by atoms with van der Waals surface area (Å²) in [5, 5.41) is 2.35. The van der Waals surface area contributed by atoms with Gasteiger partial charge in [-0.3, -0.25) is 15.1 Å². The van der Waals surface area contributed by atoms with Crippen LogP contribution in [-0.4, -0.2) is 69.5 Å². The maximum atomic E-state index is 13.5. The van der Waals surface area contributed by atoms with Crippen LogP contribution in [0.4, 0.5) is 27.5 Å². The highest BCUT2D eigenvalue weighted by molar-refractivity contribution is 6.02. The average Bonchev–Trinajstić information content (AvgIpc) is 3.51. The Morgan fingerprint density at radius 2 is 1.69 bits per heavy atom. The highest BCUT2D eigenvalue weighted by Gasteiger charge is 2.38. The van der Waals surface area contributed by atoms with Gasteiger partial charge in [0.15, 0.2) is 0 Å². The number of hydrogen-bond donors (Lipinski definition) is 1. The number of fused-ring (bicyclic) bond motifs is 2. The molecule has 3 heterocycles. The molecule has 1 saturated carbocycles. The van der Waals surface area contributed by atoms with Gasteiger partial charge in [0.2, 0.25) is 5.91 Å². The van der Waals surface area contributed by atoms with E-state index in [0.29, 0.717) is 24.3 Å². The molecule has 3 aliphatic heterocycles. The molecule has 2 fully saturated rings. The fourth-order valence-electron chi connectivity index (χ4n) is 5.85. The Morgan fingerprint density at radius 1 is 0.944 bits per heavy atom. The average molecular weight is 491 g/mol. The zero-order chi connectivity index (χ0) is 25.1. The molecule has 1 aliphatic carbocycles. The van der Waals surface area contributed by atoms with Crippen molar-refractivity contribution in [2.45, 2.75) is 44.7 Å². The molecule has 2 aromatic carbocycles. The van der Waals surface area contributed by atoms with Crippen molar-refractivity contribution in [3.8, 4) is 5.75 Å². The van der Waals surface area contributed by atoms with Gasteiger partial charge < -0.3 is 19.4 Å². The number of carbonyl (C=O) groups excluding carboxylic acids is 2. The van der Waals surface area contributed by atoms with Crippen LogP contribution in [0.3, 0.4) is 0 Å². The van der Waals surface area contributed by atoms with Gasteiger partial charge >= 0.3 is 6.09 Å². The van der Waals surface area contributed by atoms with E-state index in [9.17, 15) is 9.59 Å². The molecule has 1 saturated heterocycles. The summed E-state index contributed by atoms with van der Waals surface area (Å²) in [6.07, 6.45) is 2.08. The second-order valence-corrected chi connectivity index (χ2v) is 10.6. The van der Waals surface area contributed by atoms with Crippen molar-refractivity contribution in [2.75, 3.05) is 60.0 Å².